The largest absolute Gasteiger partial charge is 0.494 e. The first-order chi connectivity index (χ1) is 13.4. The van der Waals surface area contributed by atoms with Gasteiger partial charge in [-0.05, 0) is 56.0 Å². The van der Waals surface area contributed by atoms with Crippen LogP contribution in [0.1, 0.15) is 36.8 Å². The second-order valence-corrected chi connectivity index (χ2v) is 7.35. The van der Waals surface area contributed by atoms with Crippen molar-refractivity contribution in [2.75, 3.05) is 11.9 Å². The van der Waals surface area contributed by atoms with Crippen molar-refractivity contribution >= 4 is 29.9 Å². The highest BCUT2D eigenvalue weighted by Gasteiger charge is 2.45. The van der Waals surface area contributed by atoms with Crippen LogP contribution >= 0.6 is 12.4 Å². The average molecular weight is 418 g/mol. The lowest BCUT2D eigenvalue weighted by Crippen LogP contribution is -2.42. The standard InChI is InChI=1S/C22H27N3O3.ClH/c1-16-4-10-19(11-5-16)28-14-2-3-20(26)25-18-8-6-17(7-9-18)15-24-21(27)22(23)12-13-22;/h4-11H,2-3,12-15,23H2,1H3,(H,24,27)(H,25,26);1H. The Morgan fingerprint density at radius 3 is 2.34 bits per heavy atom. The smallest absolute Gasteiger partial charge is 0.240 e. The third kappa shape index (κ3) is 7.07. The lowest BCUT2D eigenvalue weighted by atomic mass is 10.2. The maximum absolute atomic E-state index is 12.0. The first kappa shape index (κ1) is 22.7. The Kier molecular flexibility index (Phi) is 8.05. The summed E-state index contributed by atoms with van der Waals surface area (Å²) in [4.78, 5) is 23.9. The second kappa shape index (κ2) is 10.3. The summed E-state index contributed by atoms with van der Waals surface area (Å²) in [6.45, 7) is 2.96. The molecule has 0 bridgehead atoms. The molecule has 2 aromatic carbocycles. The zero-order valence-electron chi connectivity index (χ0n) is 16.6. The van der Waals surface area contributed by atoms with Crippen LogP contribution in [0.3, 0.4) is 0 Å². The molecule has 7 heteroatoms. The van der Waals surface area contributed by atoms with Gasteiger partial charge < -0.3 is 21.1 Å². The van der Waals surface area contributed by atoms with Gasteiger partial charge in [0.2, 0.25) is 11.8 Å². The number of hydrogen-bond donors (Lipinski definition) is 3. The predicted molar refractivity (Wildman–Crippen MR) is 116 cm³/mol. The van der Waals surface area contributed by atoms with Crippen LogP contribution in [0.4, 0.5) is 5.69 Å². The molecule has 2 aromatic rings. The quantitative estimate of drug-likeness (QED) is 0.545. The summed E-state index contributed by atoms with van der Waals surface area (Å²) in [5.74, 6) is 0.668. The maximum Gasteiger partial charge on any atom is 0.240 e. The number of carbonyl (C=O) groups excluding carboxylic acids is 2. The minimum Gasteiger partial charge on any atom is -0.494 e. The molecule has 0 saturated heterocycles. The second-order valence-electron chi connectivity index (χ2n) is 7.35. The molecule has 156 valence electrons. The highest BCUT2D eigenvalue weighted by molar-refractivity contribution is 5.90. The number of nitrogens with one attached hydrogen (secondary N) is 2. The van der Waals surface area contributed by atoms with Crippen molar-refractivity contribution in [3.63, 3.8) is 0 Å². The molecule has 1 aliphatic carbocycles. The molecule has 3 rings (SSSR count). The van der Waals surface area contributed by atoms with Gasteiger partial charge in [-0.2, -0.15) is 0 Å². The molecule has 0 spiro atoms. The highest BCUT2D eigenvalue weighted by atomic mass is 35.5. The van der Waals surface area contributed by atoms with E-state index in [1.807, 2.05) is 55.5 Å². The van der Waals surface area contributed by atoms with Gasteiger partial charge in [0.05, 0.1) is 12.1 Å². The van der Waals surface area contributed by atoms with Gasteiger partial charge in [-0.3, -0.25) is 9.59 Å². The number of anilines is 1. The van der Waals surface area contributed by atoms with E-state index in [0.717, 1.165) is 29.8 Å². The van der Waals surface area contributed by atoms with Crippen molar-refractivity contribution in [1.82, 2.24) is 5.32 Å². The normalized spacial score (nSPS) is 13.7. The Balaban J connectivity index is 0.00000300. The van der Waals surface area contributed by atoms with Crippen molar-refractivity contribution in [2.24, 2.45) is 5.73 Å². The van der Waals surface area contributed by atoms with Gasteiger partial charge >= 0.3 is 0 Å². The number of ether oxygens (including phenoxy) is 1. The van der Waals surface area contributed by atoms with E-state index in [9.17, 15) is 9.59 Å². The Morgan fingerprint density at radius 1 is 1.07 bits per heavy atom. The minimum absolute atomic E-state index is 0. The number of rotatable bonds is 9. The van der Waals surface area contributed by atoms with Gasteiger partial charge in [-0.25, -0.2) is 0 Å². The molecule has 4 N–H and O–H groups in total. The number of amides is 2. The number of aryl methyl sites for hydroxylation is 1. The monoisotopic (exact) mass is 417 g/mol. The fraction of sp³-hybridized carbons (Fsp3) is 0.364. The summed E-state index contributed by atoms with van der Waals surface area (Å²) >= 11 is 0. The van der Waals surface area contributed by atoms with Gasteiger partial charge in [0.1, 0.15) is 5.75 Å². The van der Waals surface area contributed by atoms with Crippen molar-refractivity contribution in [2.45, 2.75) is 44.7 Å². The zero-order chi connectivity index (χ0) is 20.0. The average Bonchev–Trinajstić information content (AvgIpc) is 3.44. The molecule has 0 aliphatic heterocycles. The fourth-order valence-corrected chi connectivity index (χ4v) is 2.71. The van der Waals surface area contributed by atoms with Gasteiger partial charge in [-0.1, -0.05) is 29.8 Å². The molecular formula is C22H28ClN3O3. The minimum atomic E-state index is -0.656. The molecule has 0 unspecified atom stereocenters. The van der Waals surface area contributed by atoms with Gasteiger partial charge in [0.25, 0.3) is 0 Å². The number of nitrogens with two attached hydrogens (primary N) is 1. The maximum atomic E-state index is 12.0. The molecule has 1 aliphatic rings. The number of hydrogen-bond acceptors (Lipinski definition) is 4. The molecule has 0 heterocycles. The topological polar surface area (TPSA) is 93.5 Å². The van der Waals surface area contributed by atoms with E-state index in [2.05, 4.69) is 10.6 Å². The molecule has 1 saturated carbocycles. The van der Waals surface area contributed by atoms with E-state index in [-0.39, 0.29) is 24.2 Å². The van der Waals surface area contributed by atoms with E-state index in [1.54, 1.807) is 0 Å². The lowest BCUT2D eigenvalue weighted by Gasteiger charge is -2.11. The molecule has 1 fully saturated rings. The van der Waals surface area contributed by atoms with Crippen LogP contribution < -0.4 is 21.1 Å². The number of carbonyl (C=O) groups is 2. The SMILES string of the molecule is Cc1ccc(OCCCC(=O)Nc2ccc(CNC(=O)C3(N)CC3)cc2)cc1.Cl. The lowest BCUT2D eigenvalue weighted by molar-refractivity contribution is -0.123. The Morgan fingerprint density at radius 2 is 1.72 bits per heavy atom. The van der Waals surface area contributed by atoms with E-state index >= 15 is 0 Å². The Hall–Kier alpha value is -2.57. The molecule has 0 aromatic heterocycles. The molecule has 6 nitrogen and oxygen atoms in total. The summed E-state index contributed by atoms with van der Waals surface area (Å²) in [5.41, 5.74) is 8.08. The van der Waals surface area contributed by atoms with Crippen LogP contribution in [0, 0.1) is 6.92 Å². The predicted octanol–water partition coefficient (Wildman–Crippen LogP) is 3.32. The van der Waals surface area contributed by atoms with Gasteiger partial charge in [0, 0.05) is 18.7 Å². The van der Waals surface area contributed by atoms with E-state index in [0.29, 0.717) is 26.0 Å². The molecular weight excluding hydrogens is 390 g/mol. The van der Waals surface area contributed by atoms with Crippen molar-refractivity contribution in [3.8, 4) is 5.75 Å². The Labute approximate surface area is 177 Å². The van der Waals surface area contributed by atoms with Crippen LogP contribution in [-0.4, -0.2) is 24.0 Å². The van der Waals surface area contributed by atoms with Crippen molar-refractivity contribution < 1.29 is 14.3 Å². The van der Waals surface area contributed by atoms with Crippen LogP contribution in [-0.2, 0) is 16.1 Å². The molecule has 0 radical (unpaired) electrons. The summed E-state index contributed by atoms with van der Waals surface area (Å²) in [5, 5.41) is 5.72. The summed E-state index contributed by atoms with van der Waals surface area (Å²) in [6.07, 6.45) is 2.53. The summed E-state index contributed by atoms with van der Waals surface area (Å²) in [7, 11) is 0. The van der Waals surface area contributed by atoms with Crippen LogP contribution in [0.2, 0.25) is 0 Å². The zero-order valence-corrected chi connectivity index (χ0v) is 17.4. The van der Waals surface area contributed by atoms with Gasteiger partial charge in [0.15, 0.2) is 0 Å². The van der Waals surface area contributed by atoms with E-state index < -0.39 is 5.54 Å². The van der Waals surface area contributed by atoms with E-state index in [1.165, 1.54) is 5.56 Å². The number of benzene rings is 2. The fourth-order valence-electron chi connectivity index (χ4n) is 2.71. The molecule has 2 amide bonds. The van der Waals surface area contributed by atoms with E-state index in [4.69, 9.17) is 10.5 Å². The Bertz CT molecular complexity index is 818. The highest BCUT2D eigenvalue weighted by Crippen LogP contribution is 2.32. The third-order valence-electron chi connectivity index (χ3n) is 4.77. The van der Waals surface area contributed by atoms with Crippen molar-refractivity contribution in [3.05, 3.63) is 59.7 Å². The molecule has 0 atom stereocenters. The number of halogens is 1. The van der Waals surface area contributed by atoms with Crippen molar-refractivity contribution in [1.29, 1.82) is 0 Å². The van der Waals surface area contributed by atoms with Gasteiger partial charge in [-0.15, -0.1) is 12.4 Å². The first-order valence-corrected chi connectivity index (χ1v) is 9.60. The van der Waals surface area contributed by atoms with Crippen LogP contribution in [0.15, 0.2) is 48.5 Å². The van der Waals surface area contributed by atoms with Crippen LogP contribution in [0.5, 0.6) is 5.75 Å². The van der Waals surface area contributed by atoms with Crippen LogP contribution in [0.25, 0.3) is 0 Å². The molecule has 29 heavy (non-hydrogen) atoms. The summed E-state index contributed by atoms with van der Waals surface area (Å²) in [6, 6.07) is 15.3. The summed E-state index contributed by atoms with van der Waals surface area (Å²) < 4.78 is 5.63. The first-order valence-electron chi connectivity index (χ1n) is 9.60. The third-order valence-corrected chi connectivity index (χ3v) is 4.77.